The summed E-state index contributed by atoms with van der Waals surface area (Å²) in [7, 11) is 0. The van der Waals surface area contributed by atoms with Crippen LogP contribution in [0.2, 0.25) is 0 Å². The van der Waals surface area contributed by atoms with Gasteiger partial charge in [0, 0.05) is 21.9 Å². The molecule has 0 aliphatic heterocycles. The van der Waals surface area contributed by atoms with E-state index in [4.69, 9.17) is 0 Å². The zero-order chi connectivity index (χ0) is 12.1. The highest BCUT2D eigenvalue weighted by Gasteiger charge is 2.04. The molecule has 2 aromatic rings. The van der Waals surface area contributed by atoms with Crippen LogP contribution >= 0.6 is 24.0 Å². The Kier molecular flexibility index (Phi) is 4.23. The largest absolute Gasteiger partial charge is 0.352 e. The summed E-state index contributed by atoms with van der Waals surface area (Å²) in [5.74, 6) is -0.0325. The zero-order valence-electron chi connectivity index (χ0n) is 9.22. The molecule has 4 heteroatoms. The van der Waals surface area contributed by atoms with E-state index >= 15 is 0 Å². The first-order chi connectivity index (χ1) is 8.25. The quantitative estimate of drug-likeness (QED) is 0.816. The molecular formula is C13H13NOS2. The molecule has 0 spiro atoms. The van der Waals surface area contributed by atoms with Crippen LogP contribution in [0.25, 0.3) is 0 Å². The number of thiol groups is 1. The van der Waals surface area contributed by atoms with Crippen molar-refractivity contribution in [3.63, 3.8) is 0 Å². The molecule has 0 atom stereocenters. The Morgan fingerprint density at radius 1 is 1.24 bits per heavy atom. The van der Waals surface area contributed by atoms with Gasteiger partial charge in [-0.1, -0.05) is 6.07 Å². The molecule has 88 valence electrons. The average molecular weight is 263 g/mol. The zero-order valence-corrected chi connectivity index (χ0v) is 10.9. The van der Waals surface area contributed by atoms with Gasteiger partial charge in [-0.15, -0.1) is 24.0 Å². The van der Waals surface area contributed by atoms with Crippen molar-refractivity contribution in [2.45, 2.75) is 11.3 Å². The number of rotatable bonds is 4. The van der Waals surface area contributed by atoms with Gasteiger partial charge >= 0.3 is 0 Å². The van der Waals surface area contributed by atoms with Gasteiger partial charge in [-0.05, 0) is 42.1 Å². The van der Waals surface area contributed by atoms with Gasteiger partial charge in [0.25, 0.3) is 5.91 Å². The number of nitrogens with one attached hydrogen (secondary N) is 1. The van der Waals surface area contributed by atoms with Gasteiger partial charge in [-0.2, -0.15) is 0 Å². The summed E-state index contributed by atoms with van der Waals surface area (Å²) in [4.78, 5) is 13.9. The van der Waals surface area contributed by atoms with E-state index in [1.807, 2.05) is 23.6 Å². The van der Waals surface area contributed by atoms with Crippen LogP contribution in [0.15, 0.2) is 46.7 Å². The highest BCUT2D eigenvalue weighted by Crippen LogP contribution is 2.09. The van der Waals surface area contributed by atoms with E-state index in [2.05, 4.69) is 24.0 Å². The topological polar surface area (TPSA) is 29.1 Å². The molecule has 0 aliphatic carbocycles. The first-order valence-corrected chi connectivity index (χ1v) is 6.68. The minimum Gasteiger partial charge on any atom is -0.352 e. The standard InChI is InChI=1S/C13H13NOS2/c15-13(10-3-5-11(16)6-4-10)14-8-7-12-2-1-9-17-12/h1-6,9,16H,7-8H2,(H,14,15). The second kappa shape index (κ2) is 5.89. The van der Waals surface area contributed by atoms with Crippen LogP contribution in [0.1, 0.15) is 15.2 Å². The maximum absolute atomic E-state index is 11.8. The van der Waals surface area contributed by atoms with Gasteiger partial charge in [0.15, 0.2) is 0 Å². The van der Waals surface area contributed by atoms with Gasteiger partial charge in [0.1, 0.15) is 0 Å². The summed E-state index contributed by atoms with van der Waals surface area (Å²) in [5, 5.41) is 4.94. The Morgan fingerprint density at radius 3 is 2.65 bits per heavy atom. The SMILES string of the molecule is O=C(NCCc1cccs1)c1ccc(S)cc1. The third-order valence-electron chi connectivity index (χ3n) is 2.37. The van der Waals surface area contributed by atoms with Crippen LogP contribution in [0.4, 0.5) is 0 Å². The number of thiophene rings is 1. The van der Waals surface area contributed by atoms with Crippen molar-refractivity contribution in [2.75, 3.05) is 6.54 Å². The van der Waals surface area contributed by atoms with Gasteiger partial charge in [-0.25, -0.2) is 0 Å². The first-order valence-electron chi connectivity index (χ1n) is 5.35. The maximum Gasteiger partial charge on any atom is 0.251 e. The third kappa shape index (κ3) is 3.61. The normalized spacial score (nSPS) is 10.2. The van der Waals surface area contributed by atoms with Crippen LogP contribution in [-0.2, 0) is 6.42 Å². The van der Waals surface area contributed by atoms with Crippen molar-refractivity contribution in [2.24, 2.45) is 0 Å². The lowest BCUT2D eigenvalue weighted by Gasteiger charge is -2.04. The van der Waals surface area contributed by atoms with Crippen molar-refractivity contribution in [1.29, 1.82) is 0 Å². The van der Waals surface area contributed by atoms with Crippen LogP contribution in [0.3, 0.4) is 0 Å². The van der Waals surface area contributed by atoms with Gasteiger partial charge in [0.05, 0.1) is 0 Å². The Bertz CT molecular complexity index is 477. The van der Waals surface area contributed by atoms with E-state index in [9.17, 15) is 4.79 Å². The predicted octanol–water partition coefficient (Wildman–Crippen LogP) is 3.01. The molecule has 1 heterocycles. The van der Waals surface area contributed by atoms with E-state index in [0.29, 0.717) is 12.1 Å². The van der Waals surface area contributed by atoms with E-state index in [1.54, 1.807) is 23.5 Å². The lowest BCUT2D eigenvalue weighted by atomic mass is 10.2. The highest BCUT2D eigenvalue weighted by molar-refractivity contribution is 7.80. The molecular weight excluding hydrogens is 250 g/mol. The number of hydrogen-bond acceptors (Lipinski definition) is 3. The second-order valence-electron chi connectivity index (χ2n) is 3.63. The van der Waals surface area contributed by atoms with Crippen molar-refractivity contribution in [3.8, 4) is 0 Å². The molecule has 0 aliphatic rings. The number of hydrogen-bond donors (Lipinski definition) is 2. The summed E-state index contributed by atoms with van der Waals surface area (Å²) in [5.41, 5.74) is 0.675. The molecule has 1 N–H and O–H groups in total. The number of benzene rings is 1. The van der Waals surface area contributed by atoms with Gasteiger partial charge in [0.2, 0.25) is 0 Å². The van der Waals surface area contributed by atoms with Gasteiger partial charge in [-0.3, -0.25) is 4.79 Å². The summed E-state index contributed by atoms with van der Waals surface area (Å²) in [6.45, 7) is 0.669. The van der Waals surface area contributed by atoms with Crippen molar-refractivity contribution in [3.05, 3.63) is 52.2 Å². The molecule has 0 bridgehead atoms. The molecule has 0 fully saturated rings. The van der Waals surface area contributed by atoms with Crippen molar-refractivity contribution in [1.82, 2.24) is 5.32 Å². The molecule has 0 saturated heterocycles. The van der Waals surface area contributed by atoms with Crippen molar-refractivity contribution < 1.29 is 4.79 Å². The summed E-state index contributed by atoms with van der Waals surface area (Å²) < 4.78 is 0. The molecule has 0 unspecified atom stereocenters. The fourth-order valence-electron chi connectivity index (χ4n) is 1.47. The van der Waals surface area contributed by atoms with Crippen molar-refractivity contribution >= 4 is 29.9 Å². The average Bonchev–Trinajstić information content (AvgIpc) is 2.83. The molecule has 17 heavy (non-hydrogen) atoms. The fourth-order valence-corrected chi connectivity index (χ4v) is 2.33. The van der Waals surface area contributed by atoms with Crippen LogP contribution in [0, 0.1) is 0 Å². The molecule has 1 aromatic heterocycles. The van der Waals surface area contributed by atoms with Crippen LogP contribution < -0.4 is 5.32 Å². The molecule has 2 rings (SSSR count). The Labute approximate surface area is 110 Å². The smallest absolute Gasteiger partial charge is 0.251 e. The molecule has 1 amide bonds. The van der Waals surface area contributed by atoms with E-state index in [0.717, 1.165) is 11.3 Å². The third-order valence-corrected chi connectivity index (χ3v) is 3.60. The molecule has 2 nitrogen and oxygen atoms in total. The Balaban J connectivity index is 1.83. The van der Waals surface area contributed by atoms with E-state index in [1.165, 1.54) is 4.88 Å². The lowest BCUT2D eigenvalue weighted by molar-refractivity contribution is 0.0954. The lowest BCUT2D eigenvalue weighted by Crippen LogP contribution is -2.25. The fraction of sp³-hybridized carbons (Fsp3) is 0.154. The number of carbonyl (C=O) groups is 1. The second-order valence-corrected chi connectivity index (χ2v) is 5.18. The number of carbonyl (C=O) groups excluding carboxylic acids is 1. The minimum absolute atomic E-state index is 0.0325. The molecule has 1 aromatic carbocycles. The summed E-state index contributed by atoms with van der Waals surface area (Å²) >= 11 is 5.89. The first kappa shape index (κ1) is 12.2. The molecule has 0 radical (unpaired) electrons. The molecule has 0 saturated carbocycles. The Morgan fingerprint density at radius 2 is 2.00 bits per heavy atom. The number of amides is 1. The monoisotopic (exact) mass is 263 g/mol. The maximum atomic E-state index is 11.8. The van der Waals surface area contributed by atoms with Crippen LogP contribution in [0.5, 0.6) is 0 Å². The van der Waals surface area contributed by atoms with E-state index < -0.39 is 0 Å². The highest BCUT2D eigenvalue weighted by atomic mass is 32.1. The van der Waals surface area contributed by atoms with Gasteiger partial charge < -0.3 is 5.32 Å². The summed E-state index contributed by atoms with van der Waals surface area (Å²) in [6.07, 6.45) is 0.883. The van der Waals surface area contributed by atoms with E-state index in [-0.39, 0.29) is 5.91 Å². The predicted molar refractivity (Wildman–Crippen MR) is 74.1 cm³/mol. The van der Waals surface area contributed by atoms with Crippen LogP contribution in [-0.4, -0.2) is 12.5 Å². The minimum atomic E-state index is -0.0325. The Hall–Kier alpha value is -1.26. The summed E-state index contributed by atoms with van der Waals surface area (Å²) in [6, 6.07) is 11.3.